The summed E-state index contributed by atoms with van der Waals surface area (Å²) >= 11 is 0. The molecule has 104 valence electrons. The van der Waals surface area contributed by atoms with Crippen molar-refractivity contribution in [3.63, 3.8) is 0 Å². The Kier molecular flexibility index (Phi) is 4.25. The Hall–Kier alpha value is -1.35. The SMILES string of the molecule is Cc1cc(C)cc(CN2CC(C(=O)O)CCC2C)c1. The third kappa shape index (κ3) is 3.57. The lowest BCUT2D eigenvalue weighted by Gasteiger charge is -2.36. The van der Waals surface area contributed by atoms with E-state index in [1.165, 1.54) is 16.7 Å². The molecule has 1 N–H and O–H groups in total. The van der Waals surface area contributed by atoms with E-state index in [1.54, 1.807) is 0 Å². The van der Waals surface area contributed by atoms with Gasteiger partial charge in [-0.2, -0.15) is 0 Å². The lowest BCUT2D eigenvalue weighted by molar-refractivity contribution is -0.144. The minimum atomic E-state index is -0.655. The molecule has 0 spiro atoms. The molecule has 1 aromatic rings. The van der Waals surface area contributed by atoms with Gasteiger partial charge >= 0.3 is 5.97 Å². The molecule has 0 radical (unpaired) electrons. The fraction of sp³-hybridized carbons (Fsp3) is 0.562. The Balaban J connectivity index is 2.09. The standard InChI is InChI=1S/C16H23NO2/c1-11-6-12(2)8-14(7-11)9-17-10-15(16(18)19)5-4-13(17)3/h6-8,13,15H,4-5,9-10H2,1-3H3,(H,18,19). The van der Waals surface area contributed by atoms with Gasteiger partial charge in [0.1, 0.15) is 0 Å². The molecule has 2 atom stereocenters. The molecular weight excluding hydrogens is 238 g/mol. The number of rotatable bonds is 3. The lowest BCUT2D eigenvalue weighted by atomic mass is 9.93. The summed E-state index contributed by atoms with van der Waals surface area (Å²) in [6.45, 7) is 7.93. The van der Waals surface area contributed by atoms with Crippen LogP contribution >= 0.6 is 0 Å². The summed E-state index contributed by atoms with van der Waals surface area (Å²) in [6, 6.07) is 7.04. The van der Waals surface area contributed by atoms with Crippen LogP contribution in [0.5, 0.6) is 0 Å². The number of carboxylic acids is 1. The molecule has 3 heteroatoms. The second kappa shape index (κ2) is 5.74. The van der Waals surface area contributed by atoms with E-state index in [9.17, 15) is 4.79 Å². The molecule has 2 unspecified atom stereocenters. The van der Waals surface area contributed by atoms with Crippen molar-refractivity contribution < 1.29 is 9.90 Å². The molecule has 0 amide bonds. The Morgan fingerprint density at radius 1 is 1.26 bits per heavy atom. The molecule has 1 heterocycles. The van der Waals surface area contributed by atoms with Gasteiger partial charge in [-0.25, -0.2) is 0 Å². The molecule has 19 heavy (non-hydrogen) atoms. The maximum atomic E-state index is 11.1. The van der Waals surface area contributed by atoms with Crippen molar-refractivity contribution >= 4 is 5.97 Å². The average Bonchev–Trinajstić information content (AvgIpc) is 2.30. The van der Waals surface area contributed by atoms with Gasteiger partial charge in [-0.1, -0.05) is 29.3 Å². The van der Waals surface area contributed by atoms with Gasteiger partial charge in [0.15, 0.2) is 0 Å². The van der Waals surface area contributed by atoms with Crippen molar-refractivity contribution in [1.82, 2.24) is 4.90 Å². The van der Waals surface area contributed by atoms with Gasteiger partial charge < -0.3 is 5.11 Å². The fourth-order valence-electron chi connectivity index (χ4n) is 3.00. The highest BCUT2D eigenvalue weighted by Crippen LogP contribution is 2.24. The maximum Gasteiger partial charge on any atom is 0.307 e. The third-order valence-corrected chi connectivity index (χ3v) is 4.03. The van der Waals surface area contributed by atoms with Crippen molar-refractivity contribution in [3.05, 3.63) is 34.9 Å². The van der Waals surface area contributed by atoms with E-state index in [-0.39, 0.29) is 5.92 Å². The number of aliphatic carboxylic acids is 1. The Morgan fingerprint density at radius 3 is 2.47 bits per heavy atom. The van der Waals surface area contributed by atoms with E-state index >= 15 is 0 Å². The van der Waals surface area contributed by atoms with Crippen LogP contribution in [0.3, 0.4) is 0 Å². The molecule has 0 saturated carbocycles. The number of likely N-dealkylation sites (tertiary alicyclic amines) is 1. The van der Waals surface area contributed by atoms with E-state index in [0.717, 1.165) is 19.4 Å². The number of nitrogens with zero attached hydrogens (tertiary/aromatic N) is 1. The van der Waals surface area contributed by atoms with Gasteiger partial charge in [-0.05, 0) is 39.2 Å². The van der Waals surface area contributed by atoms with Crippen molar-refractivity contribution in [2.24, 2.45) is 5.92 Å². The molecule has 1 aromatic carbocycles. The molecule has 0 aromatic heterocycles. The summed E-state index contributed by atoms with van der Waals surface area (Å²) < 4.78 is 0. The summed E-state index contributed by atoms with van der Waals surface area (Å²) in [6.07, 6.45) is 1.78. The van der Waals surface area contributed by atoms with Crippen LogP contribution < -0.4 is 0 Å². The Morgan fingerprint density at radius 2 is 1.89 bits per heavy atom. The Labute approximate surface area is 115 Å². The third-order valence-electron chi connectivity index (χ3n) is 4.03. The van der Waals surface area contributed by atoms with Crippen LogP contribution in [0.2, 0.25) is 0 Å². The van der Waals surface area contributed by atoms with Gasteiger partial charge in [0.05, 0.1) is 5.92 Å². The number of carboxylic acid groups (broad SMARTS) is 1. The first-order valence-electron chi connectivity index (χ1n) is 6.99. The minimum Gasteiger partial charge on any atom is -0.481 e. The predicted molar refractivity (Wildman–Crippen MR) is 76.1 cm³/mol. The number of piperidine rings is 1. The number of hydrogen-bond acceptors (Lipinski definition) is 2. The second-order valence-electron chi connectivity index (χ2n) is 5.89. The number of benzene rings is 1. The zero-order valence-corrected chi connectivity index (χ0v) is 12.0. The monoisotopic (exact) mass is 261 g/mol. The van der Waals surface area contributed by atoms with Gasteiger partial charge in [0.25, 0.3) is 0 Å². The molecule has 0 aliphatic carbocycles. The van der Waals surface area contributed by atoms with Crippen LogP contribution in [-0.4, -0.2) is 28.6 Å². The van der Waals surface area contributed by atoms with Crippen molar-refractivity contribution in [1.29, 1.82) is 0 Å². The quantitative estimate of drug-likeness (QED) is 0.909. The van der Waals surface area contributed by atoms with Gasteiger partial charge in [0, 0.05) is 19.1 Å². The molecular formula is C16H23NO2. The van der Waals surface area contributed by atoms with Crippen molar-refractivity contribution in [3.8, 4) is 0 Å². The number of hydrogen-bond donors (Lipinski definition) is 1. The van der Waals surface area contributed by atoms with Crippen molar-refractivity contribution in [2.75, 3.05) is 6.54 Å². The average molecular weight is 261 g/mol. The summed E-state index contributed by atoms with van der Waals surface area (Å²) in [7, 11) is 0. The largest absolute Gasteiger partial charge is 0.481 e. The molecule has 1 saturated heterocycles. The Bertz CT molecular complexity index is 450. The zero-order valence-electron chi connectivity index (χ0n) is 12.0. The highest BCUT2D eigenvalue weighted by Gasteiger charge is 2.29. The summed E-state index contributed by atoms with van der Waals surface area (Å²) in [5.74, 6) is -0.862. The summed E-state index contributed by atoms with van der Waals surface area (Å²) in [4.78, 5) is 13.4. The van der Waals surface area contributed by atoms with Crippen LogP contribution in [0, 0.1) is 19.8 Å². The van der Waals surface area contributed by atoms with E-state index in [1.807, 2.05) is 0 Å². The second-order valence-corrected chi connectivity index (χ2v) is 5.89. The van der Waals surface area contributed by atoms with Crippen LogP contribution in [0.15, 0.2) is 18.2 Å². The number of carbonyl (C=O) groups is 1. The first-order chi connectivity index (χ1) is 8.95. The maximum absolute atomic E-state index is 11.1. The first-order valence-corrected chi connectivity index (χ1v) is 6.99. The molecule has 1 aliphatic rings. The summed E-state index contributed by atoms with van der Waals surface area (Å²) in [5.41, 5.74) is 3.83. The van der Waals surface area contributed by atoms with Crippen LogP contribution in [0.1, 0.15) is 36.5 Å². The molecule has 1 aliphatic heterocycles. The first kappa shape index (κ1) is 14.1. The normalized spacial score (nSPS) is 24.4. The number of aryl methyl sites for hydroxylation is 2. The van der Waals surface area contributed by atoms with E-state index < -0.39 is 5.97 Å². The minimum absolute atomic E-state index is 0.206. The van der Waals surface area contributed by atoms with Gasteiger partial charge in [-0.3, -0.25) is 9.69 Å². The highest BCUT2D eigenvalue weighted by atomic mass is 16.4. The van der Waals surface area contributed by atoms with E-state index in [4.69, 9.17) is 5.11 Å². The zero-order chi connectivity index (χ0) is 14.0. The smallest absolute Gasteiger partial charge is 0.307 e. The van der Waals surface area contributed by atoms with E-state index in [0.29, 0.717) is 12.6 Å². The van der Waals surface area contributed by atoms with Crippen LogP contribution in [0.4, 0.5) is 0 Å². The van der Waals surface area contributed by atoms with Gasteiger partial charge in [0.2, 0.25) is 0 Å². The van der Waals surface area contributed by atoms with Crippen LogP contribution in [-0.2, 0) is 11.3 Å². The van der Waals surface area contributed by atoms with Crippen molar-refractivity contribution in [2.45, 2.75) is 46.2 Å². The van der Waals surface area contributed by atoms with Crippen LogP contribution in [0.25, 0.3) is 0 Å². The highest BCUT2D eigenvalue weighted by molar-refractivity contribution is 5.70. The molecule has 3 nitrogen and oxygen atoms in total. The fourth-order valence-corrected chi connectivity index (χ4v) is 3.00. The van der Waals surface area contributed by atoms with Gasteiger partial charge in [-0.15, -0.1) is 0 Å². The topological polar surface area (TPSA) is 40.5 Å². The lowest BCUT2D eigenvalue weighted by Crippen LogP contribution is -2.43. The molecule has 1 fully saturated rings. The predicted octanol–water partition coefficient (Wildman–Crippen LogP) is 2.99. The molecule has 0 bridgehead atoms. The molecule has 2 rings (SSSR count). The van der Waals surface area contributed by atoms with E-state index in [2.05, 4.69) is 43.9 Å². The summed E-state index contributed by atoms with van der Waals surface area (Å²) in [5, 5.41) is 9.17.